The molecule has 9 nitrogen and oxygen atoms in total. The van der Waals surface area contributed by atoms with Gasteiger partial charge < -0.3 is 31.3 Å². The molecule has 0 radical (unpaired) electrons. The fourth-order valence-corrected chi connectivity index (χ4v) is 4.83. The highest BCUT2D eigenvalue weighted by molar-refractivity contribution is 6.22. The Morgan fingerprint density at radius 1 is 1.17 bits per heavy atom. The van der Waals surface area contributed by atoms with Gasteiger partial charge in [0.05, 0.1) is 12.2 Å². The fourth-order valence-electron chi connectivity index (χ4n) is 4.83. The standard InChI is InChI=1S/C20H19NO8/c21-19(28)15-12(24)5-9-3-8-4-10-7(6-22)1-2-11(23)14(10)16(25)13(8)17(26)20(9,29)18(15)27/h1-2,8-9,22-23,25,27,29H,3-6H2,(H2,21,28). The SMILES string of the molecule is NC(=O)C1=C(O)C2(O)C(=O)C3=C(O)c4c(O)ccc(CO)c4CC3CC2CC1=O. The lowest BCUT2D eigenvalue weighted by molar-refractivity contribution is -0.147. The molecule has 0 aliphatic heterocycles. The van der Waals surface area contributed by atoms with Crippen LogP contribution in [0.4, 0.5) is 0 Å². The number of fused-ring (bicyclic) bond motifs is 3. The maximum Gasteiger partial charge on any atom is 0.255 e. The van der Waals surface area contributed by atoms with E-state index in [4.69, 9.17) is 5.73 Å². The Kier molecular flexibility index (Phi) is 4.07. The van der Waals surface area contributed by atoms with Crippen LogP contribution >= 0.6 is 0 Å². The van der Waals surface area contributed by atoms with E-state index in [1.54, 1.807) is 0 Å². The highest BCUT2D eigenvalue weighted by Crippen LogP contribution is 2.52. The number of nitrogens with two attached hydrogens (primary N) is 1. The Morgan fingerprint density at radius 3 is 2.48 bits per heavy atom. The van der Waals surface area contributed by atoms with Crippen molar-refractivity contribution >= 4 is 23.2 Å². The van der Waals surface area contributed by atoms with E-state index < -0.39 is 52.0 Å². The lowest BCUT2D eigenvalue weighted by Crippen LogP contribution is -2.58. The van der Waals surface area contributed by atoms with Crippen LogP contribution in [0.2, 0.25) is 0 Å². The van der Waals surface area contributed by atoms with E-state index in [9.17, 15) is 39.9 Å². The Hall–Kier alpha value is -3.17. The molecule has 7 N–H and O–H groups in total. The van der Waals surface area contributed by atoms with Gasteiger partial charge in [-0.15, -0.1) is 0 Å². The molecule has 1 aromatic rings. The van der Waals surface area contributed by atoms with Gasteiger partial charge in [-0.3, -0.25) is 14.4 Å². The third-order valence-electron chi connectivity index (χ3n) is 6.21. The number of rotatable bonds is 2. The summed E-state index contributed by atoms with van der Waals surface area (Å²) in [6, 6.07) is 2.78. The van der Waals surface area contributed by atoms with Crippen LogP contribution in [0, 0.1) is 11.8 Å². The van der Waals surface area contributed by atoms with E-state index in [1.165, 1.54) is 12.1 Å². The zero-order valence-corrected chi connectivity index (χ0v) is 15.2. The molecular weight excluding hydrogens is 382 g/mol. The van der Waals surface area contributed by atoms with E-state index in [1.807, 2.05) is 0 Å². The summed E-state index contributed by atoms with van der Waals surface area (Å²) < 4.78 is 0. The molecule has 3 atom stereocenters. The predicted molar refractivity (Wildman–Crippen MR) is 97.3 cm³/mol. The number of ketones is 2. The third-order valence-corrected chi connectivity index (χ3v) is 6.21. The first kappa shape index (κ1) is 19.2. The van der Waals surface area contributed by atoms with E-state index in [0.717, 1.165) is 0 Å². The molecule has 29 heavy (non-hydrogen) atoms. The quantitative estimate of drug-likeness (QED) is 0.372. The van der Waals surface area contributed by atoms with Crippen molar-refractivity contribution in [3.05, 3.63) is 45.7 Å². The average molecular weight is 401 g/mol. The first-order chi connectivity index (χ1) is 13.6. The zero-order chi connectivity index (χ0) is 21.2. The van der Waals surface area contributed by atoms with Crippen LogP contribution in [0.25, 0.3) is 5.76 Å². The molecule has 9 heteroatoms. The van der Waals surface area contributed by atoms with Gasteiger partial charge in [0.15, 0.2) is 11.4 Å². The van der Waals surface area contributed by atoms with Crippen LogP contribution < -0.4 is 5.73 Å². The largest absolute Gasteiger partial charge is 0.508 e. The number of aromatic hydroxyl groups is 1. The Bertz CT molecular complexity index is 1050. The summed E-state index contributed by atoms with van der Waals surface area (Å²) >= 11 is 0. The molecular formula is C20H19NO8. The van der Waals surface area contributed by atoms with Gasteiger partial charge in [0.1, 0.15) is 22.8 Å². The summed E-state index contributed by atoms with van der Waals surface area (Å²) in [5.41, 5.74) is 2.45. The number of benzene rings is 1. The number of carbonyl (C=O) groups is 3. The van der Waals surface area contributed by atoms with Gasteiger partial charge in [-0.2, -0.15) is 0 Å². The second kappa shape index (κ2) is 6.16. The molecule has 0 bridgehead atoms. The summed E-state index contributed by atoms with van der Waals surface area (Å²) in [4.78, 5) is 37.0. The molecule has 3 aliphatic rings. The molecule has 1 aromatic carbocycles. The van der Waals surface area contributed by atoms with Gasteiger partial charge in [-0.05, 0) is 36.0 Å². The van der Waals surface area contributed by atoms with Crippen molar-refractivity contribution in [1.82, 2.24) is 0 Å². The number of aliphatic hydroxyl groups excluding tert-OH is 3. The van der Waals surface area contributed by atoms with Crippen molar-refractivity contribution in [2.24, 2.45) is 17.6 Å². The minimum Gasteiger partial charge on any atom is -0.508 e. The number of primary amides is 1. The number of carbonyl (C=O) groups excluding carboxylic acids is 3. The Balaban J connectivity index is 1.94. The molecule has 0 spiro atoms. The molecule has 1 saturated carbocycles. The number of Topliss-reactive ketones (excluding diaryl/α,β-unsaturated/α-hetero) is 2. The Morgan fingerprint density at radius 2 is 1.86 bits per heavy atom. The number of phenols is 1. The third kappa shape index (κ3) is 2.37. The molecule has 0 saturated heterocycles. The van der Waals surface area contributed by atoms with Gasteiger partial charge >= 0.3 is 0 Å². The zero-order valence-electron chi connectivity index (χ0n) is 15.2. The van der Waals surface area contributed by atoms with Gasteiger partial charge in [0.25, 0.3) is 5.91 Å². The average Bonchev–Trinajstić information content (AvgIpc) is 2.64. The second-order valence-corrected chi connectivity index (χ2v) is 7.66. The summed E-state index contributed by atoms with van der Waals surface area (Å²) in [6.45, 7) is -0.344. The van der Waals surface area contributed by atoms with E-state index in [-0.39, 0.29) is 42.8 Å². The second-order valence-electron chi connectivity index (χ2n) is 7.66. The topological polar surface area (TPSA) is 178 Å². The molecule has 1 fully saturated rings. The van der Waals surface area contributed by atoms with Crippen molar-refractivity contribution in [1.29, 1.82) is 0 Å². The van der Waals surface area contributed by atoms with Crippen LogP contribution in [-0.4, -0.2) is 48.6 Å². The molecule has 1 amide bonds. The first-order valence-electron chi connectivity index (χ1n) is 9.04. The normalized spacial score (nSPS) is 28.8. The lowest BCUT2D eigenvalue weighted by atomic mass is 9.59. The maximum absolute atomic E-state index is 13.2. The fraction of sp³-hybridized carbons (Fsp3) is 0.350. The number of amides is 1. The van der Waals surface area contributed by atoms with Gasteiger partial charge in [-0.1, -0.05) is 6.07 Å². The number of aliphatic hydroxyl groups is 4. The smallest absolute Gasteiger partial charge is 0.255 e. The van der Waals surface area contributed by atoms with Crippen LogP contribution in [0.1, 0.15) is 29.5 Å². The number of hydrogen-bond acceptors (Lipinski definition) is 8. The van der Waals surface area contributed by atoms with Crippen molar-refractivity contribution < 1.29 is 39.9 Å². The minimum atomic E-state index is -2.57. The highest BCUT2D eigenvalue weighted by Gasteiger charge is 2.60. The Labute approximate surface area is 164 Å². The van der Waals surface area contributed by atoms with Crippen LogP contribution in [0.15, 0.2) is 29.0 Å². The monoisotopic (exact) mass is 401 g/mol. The number of phenolic OH excluding ortho intramolecular Hbond substituents is 1. The molecule has 0 heterocycles. The number of hydrogen-bond donors (Lipinski definition) is 6. The lowest BCUT2D eigenvalue weighted by Gasteiger charge is -2.46. The summed E-state index contributed by atoms with van der Waals surface area (Å²) in [5.74, 6) is -6.66. The molecule has 0 aromatic heterocycles. The van der Waals surface area contributed by atoms with E-state index in [2.05, 4.69) is 0 Å². The minimum absolute atomic E-state index is 0.0244. The van der Waals surface area contributed by atoms with Gasteiger partial charge in [0, 0.05) is 17.9 Å². The van der Waals surface area contributed by atoms with Crippen molar-refractivity contribution in [2.75, 3.05) is 0 Å². The molecule has 4 rings (SSSR count). The highest BCUT2D eigenvalue weighted by atomic mass is 16.3. The van der Waals surface area contributed by atoms with Crippen LogP contribution in [0.5, 0.6) is 5.75 Å². The maximum atomic E-state index is 13.2. The van der Waals surface area contributed by atoms with Crippen molar-refractivity contribution in [3.63, 3.8) is 0 Å². The molecule has 3 unspecified atom stereocenters. The van der Waals surface area contributed by atoms with Crippen LogP contribution in [0.3, 0.4) is 0 Å². The van der Waals surface area contributed by atoms with Gasteiger partial charge in [0.2, 0.25) is 5.78 Å². The van der Waals surface area contributed by atoms with Crippen molar-refractivity contribution in [2.45, 2.75) is 31.5 Å². The summed E-state index contributed by atoms with van der Waals surface area (Å²) in [7, 11) is 0. The van der Waals surface area contributed by atoms with Crippen molar-refractivity contribution in [3.8, 4) is 5.75 Å². The van der Waals surface area contributed by atoms with E-state index >= 15 is 0 Å². The predicted octanol–water partition coefficient (Wildman–Crippen LogP) is -0.0838. The molecule has 152 valence electrons. The summed E-state index contributed by atoms with van der Waals surface area (Å²) in [6.07, 6.45) is -0.128. The summed E-state index contributed by atoms with van der Waals surface area (Å²) in [5, 5.41) is 52.1. The van der Waals surface area contributed by atoms with E-state index in [0.29, 0.717) is 11.1 Å². The molecule has 3 aliphatic carbocycles. The van der Waals surface area contributed by atoms with Gasteiger partial charge in [-0.25, -0.2) is 0 Å². The first-order valence-corrected chi connectivity index (χ1v) is 9.04. The van der Waals surface area contributed by atoms with Crippen LogP contribution in [-0.2, 0) is 27.4 Å².